The van der Waals surface area contributed by atoms with Crippen LogP contribution >= 0.6 is 12.4 Å². The van der Waals surface area contributed by atoms with Gasteiger partial charge in [0.05, 0.1) is 0 Å². The summed E-state index contributed by atoms with van der Waals surface area (Å²) < 4.78 is 0. The fraction of sp³-hybridized carbons (Fsp3) is 0.889. The van der Waals surface area contributed by atoms with Gasteiger partial charge in [-0.3, -0.25) is 4.79 Å². The van der Waals surface area contributed by atoms with Crippen molar-refractivity contribution in [2.75, 3.05) is 6.54 Å². The largest absolute Gasteiger partial charge is 0.480 e. The number of aliphatic carboxylic acids is 1. The number of hydrogen-bond donors (Lipinski definition) is 4. The van der Waals surface area contributed by atoms with Crippen LogP contribution in [0.2, 0.25) is 6.32 Å². The van der Waals surface area contributed by atoms with Crippen LogP contribution in [0.1, 0.15) is 32.1 Å². The number of unbranched alkanes of at least 4 members (excludes halogenated alkanes) is 1. The molecular weight excluding hydrogens is 232 g/mol. The summed E-state index contributed by atoms with van der Waals surface area (Å²) in [4.78, 5) is 11.1. The van der Waals surface area contributed by atoms with Gasteiger partial charge in [-0.05, 0) is 32.1 Å². The van der Waals surface area contributed by atoms with E-state index in [1.807, 2.05) is 0 Å². The van der Waals surface area contributed by atoms with Gasteiger partial charge in [0, 0.05) is 0 Å². The van der Waals surface area contributed by atoms with E-state index < -0.39 is 18.6 Å². The Kier molecular flexibility index (Phi) is 6.98. The zero-order valence-corrected chi connectivity index (χ0v) is 10.0. The average Bonchev–Trinajstić information content (AvgIpc) is 2.62. The van der Waals surface area contributed by atoms with Gasteiger partial charge in [0.15, 0.2) is 0 Å². The molecule has 94 valence electrons. The fourth-order valence-corrected chi connectivity index (χ4v) is 2.06. The first-order valence-electron chi connectivity index (χ1n) is 5.41. The SMILES string of the molecule is Cl.O=C(O)C1(CCCCB(O)O)CCCN1. The molecule has 0 radical (unpaired) electrons. The minimum Gasteiger partial charge on any atom is -0.480 e. The summed E-state index contributed by atoms with van der Waals surface area (Å²) in [5, 5.41) is 29.4. The van der Waals surface area contributed by atoms with E-state index in [-0.39, 0.29) is 12.4 Å². The van der Waals surface area contributed by atoms with E-state index in [1.165, 1.54) is 0 Å². The molecule has 1 atom stereocenters. The van der Waals surface area contributed by atoms with Crippen molar-refractivity contribution in [3.05, 3.63) is 0 Å². The summed E-state index contributed by atoms with van der Waals surface area (Å²) in [6.45, 7) is 0.759. The van der Waals surface area contributed by atoms with Crippen LogP contribution in [0.3, 0.4) is 0 Å². The Bertz CT molecular complexity index is 222. The summed E-state index contributed by atoms with van der Waals surface area (Å²) in [6.07, 6.45) is 3.80. The van der Waals surface area contributed by atoms with Gasteiger partial charge < -0.3 is 20.5 Å². The first-order chi connectivity index (χ1) is 7.07. The van der Waals surface area contributed by atoms with Gasteiger partial charge in [-0.15, -0.1) is 12.4 Å². The maximum Gasteiger partial charge on any atom is 0.451 e. The molecule has 1 rings (SSSR count). The second-order valence-corrected chi connectivity index (χ2v) is 4.14. The molecular formula is C9H19BClNO4. The van der Waals surface area contributed by atoms with E-state index in [0.717, 1.165) is 13.0 Å². The monoisotopic (exact) mass is 251 g/mol. The average molecular weight is 252 g/mol. The van der Waals surface area contributed by atoms with Crippen molar-refractivity contribution in [3.63, 3.8) is 0 Å². The molecule has 1 unspecified atom stereocenters. The van der Waals surface area contributed by atoms with Crippen molar-refractivity contribution in [1.82, 2.24) is 5.32 Å². The van der Waals surface area contributed by atoms with Gasteiger partial charge in [-0.25, -0.2) is 0 Å². The van der Waals surface area contributed by atoms with Crippen LogP contribution in [0.25, 0.3) is 0 Å². The highest BCUT2D eigenvalue weighted by atomic mass is 35.5. The zero-order chi connectivity index (χ0) is 11.3. The molecule has 1 fully saturated rings. The number of carboxylic acid groups (broad SMARTS) is 1. The van der Waals surface area contributed by atoms with Crippen LogP contribution in [0.4, 0.5) is 0 Å². The molecule has 1 saturated heterocycles. The Labute approximate surface area is 102 Å². The minimum absolute atomic E-state index is 0. The van der Waals surface area contributed by atoms with Crippen molar-refractivity contribution in [2.45, 2.75) is 44.0 Å². The smallest absolute Gasteiger partial charge is 0.451 e. The molecule has 0 aliphatic carbocycles. The van der Waals surface area contributed by atoms with E-state index in [9.17, 15) is 4.79 Å². The molecule has 0 aromatic carbocycles. The van der Waals surface area contributed by atoms with E-state index in [4.69, 9.17) is 15.2 Å². The topological polar surface area (TPSA) is 89.8 Å². The second-order valence-electron chi connectivity index (χ2n) is 4.14. The summed E-state index contributed by atoms with van der Waals surface area (Å²) in [6, 6.07) is 0. The van der Waals surface area contributed by atoms with Gasteiger partial charge in [0.25, 0.3) is 0 Å². The van der Waals surface area contributed by atoms with Gasteiger partial charge in [0.2, 0.25) is 0 Å². The summed E-state index contributed by atoms with van der Waals surface area (Å²) in [5.41, 5.74) is -0.763. The Hall–Kier alpha value is -0.295. The predicted octanol–water partition coefficient (Wildman–Crippen LogP) is 0.258. The van der Waals surface area contributed by atoms with Crippen molar-refractivity contribution in [1.29, 1.82) is 0 Å². The third-order valence-electron chi connectivity index (χ3n) is 2.97. The third kappa shape index (κ3) is 4.29. The Balaban J connectivity index is 0.00000225. The highest BCUT2D eigenvalue weighted by Crippen LogP contribution is 2.26. The van der Waals surface area contributed by atoms with Crippen molar-refractivity contribution in [3.8, 4) is 0 Å². The zero-order valence-electron chi connectivity index (χ0n) is 9.19. The highest BCUT2D eigenvalue weighted by molar-refractivity contribution is 6.40. The fourth-order valence-electron chi connectivity index (χ4n) is 2.06. The van der Waals surface area contributed by atoms with Crippen LogP contribution in [0.5, 0.6) is 0 Å². The lowest BCUT2D eigenvalue weighted by atomic mass is 9.81. The lowest BCUT2D eigenvalue weighted by molar-refractivity contribution is -0.144. The molecule has 0 aromatic rings. The van der Waals surface area contributed by atoms with Crippen LogP contribution < -0.4 is 5.32 Å². The van der Waals surface area contributed by atoms with Crippen molar-refractivity contribution in [2.24, 2.45) is 0 Å². The van der Waals surface area contributed by atoms with E-state index in [2.05, 4.69) is 5.32 Å². The first-order valence-corrected chi connectivity index (χ1v) is 5.41. The normalized spacial score (nSPS) is 23.9. The highest BCUT2D eigenvalue weighted by Gasteiger charge is 2.40. The molecule has 1 heterocycles. The number of halogens is 1. The number of hydrogen-bond acceptors (Lipinski definition) is 4. The minimum atomic E-state index is -1.28. The molecule has 0 bridgehead atoms. The Morgan fingerprint density at radius 2 is 2.06 bits per heavy atom. The van der Waals surface area contributed by atoms with Crippen LogP contribution in [-0.4, -0.2) is 40.3 Å². The van der Waals surface area contributed by atoms with Crippen LogP contribution in [0.15, 0.2) is 0 Å². The van der Waals surface area contributed by atoms with E-state index in [1.54, 1.807) is 0 Å². The number of nitrogens with one attached hydrogen (secondary N) is 1. The Morgan fingerprint density at radius 1 is 1.38 bits per heavy atom. The van der Waals surface area contributed by atoms with Gasteiger partial charge in [-0.2, -0.15) is 0 Å². The summed E-state index contributed by atoms with van der Waals surface area (Å²) in [5.74, 6) is -0.787. The molecule has 1 aliphatic rings. The van der Waals surface area contributed by atoms with Crippen molar-refractivity contribution >= 4 is 25.5 Å². The van der Waals surface area contributed by atoms with E-state index >= 15 is 0 Å². The predicted molar refractivity (Wildman–Crippen MR) is 63.7 cm³/mol. The standard InChI is InChI=1S/C9H18BNO4.ClH/c12-8(13)9(5-3-7-11-9)4-1-2-6-10(14)15;/h11,14-15H,1-7H2,(H,12,13);1H. The van der Waals surface area contributed by atoms with Gasteiger partial charge in [-0.1, -0.05) is 12.8 Å². The number of carbonyl (C=O) groups is 1. The molecule has 1 aliphatic heterocycles. The molecule has 4 N–H and O–H groups in total. The van der Waals surface area contributed by atoms with Gasteiger partial charge in [0.1, 0.15) is 5.54 Å². The number of rotatable bonds is 6. The Morgan fingerprint density at radius 3 is 2.50 bits per heavy atom. The first kappa shape index (κ1) is 15.7. The molecule has 7 heteroatoms. The van der Waals surface area contributed by atoms with Crippen LogP contribution in [0, 0.1) is 0 Å². The molecule has 0 spiro atoms. The van der Waals surface area contributed by atoms with Crippen LogP contribution in [-0.2, 0) is 4.79 Å². The second kappa shape index (κ2) is 7.11. The maximum absolute atomic E-state index is 11.1. The lowest BCUT2D eigenvalue weighted by Crippen LogP contribution is -2.47. The summed E-state index contributed by atoms with van der Waals surface area (Å²) >= 11 is 0. The lowest BCUT2D eigenvalue weighted by Gasteiger charge is -2.24. The number of carboxylic acids is 1. The molecule has 5 nitrogen and oxygen atoms in total. The molecule has 16 heavy (non-hydrogen) atoms. The molecule has 0 amide bonds. The van der Waals surface area contributed by atoms with Crippen molar-refractivity contribution < 1.29 is 19.9 Å². The van der Waals surface area contributed by atoms with E-state index in [0.29, 0.717) is 32.0 Å². The quantitative estimate of drug-likeness (QED) is 0.402. The maximum atomic E-state index is 11.1. The molecule has 0 saturated carbocycles. The summed E-state index contributed by atoms with van der Waals surface area (Å²) in [7, 11) is -1.28. The third-order valence-corrected chi connectivity index (χ3v) is 2.97. The molecule has 0 aromatic heterocycles. The van der Waals surface area contributed by atoms with Gasteiger partial charge >= 0.3 is 13.1 Å².